The molecule has 0 aliphatic heterocycles. The van der Waals surface area contributed by atoms with Gasteiger partial charge in [-0.15, -0.1) is 0 Å². The highest BCUT2D eigenvalue weighted by molar-refractivity contribution is 6.47. The molecule has 0 aliphatic rings. The molecule has 1 heterocycles. The summed E-state index contributed by atoms with van der Waals surface area (Å²) in [5.74, 6) is -1.89. The molecule has 0 aliphatic carbocycles. The van der Waals surface area contributed by atoms with E-state index in [1.54, 1.807) is 24.6 Å². The van der Waals surface area contributed by atoms with Gasteiger partial charge >= 0.3 is 0 Å². The number of amides is 2. The maximum absolute atomic E-state index is 12.9. The number of nitrogens with one attached hydrogen (secondary N) is 2. The second kappa shape index (κ2) is 9.14. The SMILES string of the molecule is Cc1nn(-c2ccccc2)c(C)c1C(=O)C(=O)Nc1cc(C(=O)NC(C)C)ccc1Cl. The van der Waals surface area contributed by atoms with Crippen molar-refractivity contribution in [2.45, 2.75) is 33.7 Å². The zero-order valence-corrected chi connectivity index (χ0v) is 18.4. The van der Waals surface area contributed by atoms with Crippen molar-refractivity contribution in [2.75, 3.05) is 5.32 Å². The molecular weight excluding hydrogens is 416 g/mol. The average molecular weight is 439 g/mol. The van der Waals surface area contributed by atoms with Crippen LogP contribution in [-0.4, -0.2) is 33.4 Å². The summed E-state index contributed by atoms with van der Waals surface area (Å²) in [4.78, 5) is 37.9. The van der Waals surface area contributed by atoms with E-state index in [0.29, 0.717) is 17.0 Å². The van der Waals surface area contributed by atoms with Crippen LogP contribution in [0.5, 0.6) is 0 Å². The first-order valence-electron chi connectivity index (χ1n) is 9.76. The predicted octanol–water partition coefficient (Wildman–Crippen LogP) is 4.10. The zero-order valence-electron chi connectivity index (χ0n) is 17.7. The van der Waals surface area contributed by atoms with Crippen molar-refractivity contribution in [1.82, 2.24) is 15.1 Å². The summed E-state index contributed by atoms with van der Waals surface area (Å²) in [5.41, 5.74) is 2.52. The lowest BCUT2D eigenvalue weighted by molar-refractivity contribution is -0.112. The van der Waals surface area contributed by atoms with E-state index < -0.39 is 11.7 Å². The molecule has 3 aromatic rings. The summed E-state index contributed by atoms with van der Waals surface area (Å²) in [6.45, 7) is 7.10. The van der Waals surface area contributed by atoms with E-state index in [-0.39, 0.29) is 28.2 Å². The normalized spacial score (nSPS) is 10.8. The number of carbonyl (C=O) groups excluding carboxylic acids is 3. The van der Waals surface area contributed by atoms with E-state index in [4.69, 9.17) is 11.6 Å². The third-order valence-corrected chi connectivity index (χ3v) is 4.95. The highest BCUT2D eigenvalue weighted by atomic mass is 35.5. The number of carbonyl (C=O) groups is 3. The van der Waals surface area contributed by atoms with Gasteiger partial charge in [0.1, 0.15) is 0 Å². The van der Waals surface area contributed by atoms with Gasteiger partial charge in [-0.25, -0.2) is 4.68 Å². The Morgan fingerprint density at radius 3 is 2.35 bits per heavy atom. The number of rotatable bonds is 6. The van der Waals surface area contributed by atoms with E-state index >= 15 is 0 Å². The van der Waals surface area contributed by atoms with E-state index in [9.17, 15) is 14.4 Å². The third kappa shape index (κ3) is 4.83. The number of benzene rings is 2. The van der Waals surface area contributed by atoms with Crippen molar-refractivity contribution in [3.05, 3.63) is 76.1 Å². The lowest BCUT2D eigenvalue weighted by Gasteiger charge is -2.11. The van der Waals surface area contributed by atoms with E-state index in [2.05, 4.69) is 15.7 Å². The second-order valence-corrected chi connectivity index (χ2v) is 7.81. The molecule has 0 spiro atoms. The Hall–Kier alpha value is -3.45. The van der Waals surface area contributed by atoms with Gasteiger partial charge in [0.25, 0.3) is 17.6 Å². The fourth-order valence-electron chi connectivity index (χ4n) is 3.19. The van der Waals surface area contributed by atoms with Crippen LogP contribution in [0.3, 0.4) is 0 Å². The maximum atomic E-state index is 12.9. The monoisotopic (exact) mass is 438 g/mol. The Morgan fingerprint density at radius 2 is 1.71 bits per heavy atom. The highest BCUT2D eigenvalue weighted by Crippen LogP contribution is 2.24. The Kier molecular flexibility index (Phi) is 6.56. The quantitative estimate of drug-likeness (QED) is 0.447. The van der Waals surface area contributed by atoms with Crippen molar-refractivity contribution in [3.63, 3.8) is 0 Å². The number of para-hydroxylation sites is 1. The van der Waals surface area contributed by atoms with Crippen LogP contribution in [0.2, 0.25) is 5.02 Å². The number of hydrogen-bond donors (Lipinski definition) is 2. The summed E-state index contributed by atoms with van der Waals surface area (Å²) in [5, 5.41) is 9.92. The highest BCUT2D eigenvalue weighted by Gasteiger charge is 2.26. The van der Waals surface area contributed by atoms with Crippen LogP contribution in [0.25, 0.3) is 5.69 Å². The largest absolute Gasteiger partial charge is 0.350 e. The number of hydrogen-bond acceptors (Lipinski definition) is 4. The number of nitrogens with zero attached hydrogens (tertiary/aromatic N) is 2. The number of aromatic nitrogens is 2. The number of Topliss-reactive ketones (excluding diaryl/α,β-unsaturated/α-hetero) is 1. The number of aryl methyl sites for hydroxylation is 1. The van der Waals surface area contributed by atoms with Crippen molar-refractivity contribution >= 4 is 34.9 Å². The lowest BCUT2D eigenvalue weighted by atomic mass is 10.1. The van der Waals surface area contributed by atoms with Crippen LogP contribution in [-0.2, 0) is 4.79 Å². The molecule has 0 unspecified atom stereocenters. The van der Waals surface area contributed by atoms with Gasteiger partial charge in [-0.2, -0.15) is 5.10 Å². The molecule has 0 radical (unpaired) electrons. The summed E-state index contributed by atoms with van der Waals surface area (Å²) in [6.07, 6.45) is 0. The van der Waals surface area contributed by atoms with Crippen LogP contribution in [0, 0.1) is 13.8 Å². The smallest absolute Gasteiger partial charge is 0.296 e. The topological polar surface area (TPSA) is 93.1 Å². The van der Waals surface area contributed by atoms with Gasteiger partial charge in [-0.3, -0.25) is 14.4 Å². The van der Waals surface area contributed by atoms with E-state index in [0.717, 1.165) is 5.69 Å². The minimum atomic E-state index is -0.859. The summed E-state index contributed by atoms with van der Waals surface area (Å²) < 4.78 is 1.62. The first-order valence-corrected chi connectivity index (χ1v) is 10.1. The number of anilines is 1. The predicted molar refractivity (Wildman–Crippen MR) is 120 cm³/mol. The van der Waals surface area contributed by atoms with E-state index in [1.165, 1.54) is 12.1 Å². The molecule has 31 heavy (non-hydrogen) atoms. The first-order chi connectivity index (χ1) is 14.7. The Morgan fingerprint density at radius 1 is 1.03 bits per heavy atom. The van der Waals surface area contributed by atoms with Crippen LogP contribution in [0.1, 0.15) is 46.0 Å². The van der Waals surface area contributed by atoms with Gasteiger partial charge in [-0.05, 0) is 58.0 Å². The van der Waals surface area contributed by atoms with Gasteiger partial charge in [-0.1, -0.05) is 29.8 Å². The molecule has 1 aromatic heterocycles. The molecule has 0 bridgehead atoms. The fourth-order valence-corrected chi connectivity index (χ4v) is 3.36. The Balaban J connectivity index is 1.86. The second-order valence-electron chi connectivity index (χ2n) is 7.40. The molecule has 0 saturated heterocycles. The van der Waals surface area contributed by atoms with Crippen LogP contribution in [0.15, 0.2) is 48.5 Å². The molecule has 0 fully saturated rings. The molecule has 2 amide bonds. The molecule has 2 aromatic carbocycles. The van der Waals surface area contributed by atoms with Crippen LogP contribution in [0.4, 0.5) is 5.69 Å². The number of halogens is 1. The number of ketones is 1. The van der Waals surface area contributed by atoms with E-state index in [1.807, 2.05) is 44.2 Å². The molecule has 0 saturated carbocycles. The lowest BCUT2D eigenvalue weighted by Crippen LogP contribution is -2.30. The van der Waals surface area contributed by atoms with Crippen LogP contribution >= 0.6 is 11.6 Å². The van der Waals surface area contributed by atoms with Gasteiger partial charge in [0.2, 0.25) is 0 Å². The molecule has 7 nitrogen and oxygen atoms in total. The average Bonchev–Trinajstić information content (AvgIpc) is 3.03. The summed E-state index contributed by atoms with van der Waals surface area (Å²) in [6, 6.07) is 13.8. The third-order valence-electron chi connectivity index (χ3n) is 4.62. The minimum Gasteiger partial charge on any atom is -0.350 e. The molecule has 0 atom stereocenters. The van der Waals surface area contributed by atoms with Gasteiger partial charge in [0, 0.05) is 11.6 Å². The molecular formula is C23H23ClN4O3. The summed E-state index contributed by atoms with van der Waals surface area (Å²) in [7, 11) is 0. The molecule has 160 valence electrons. The Labute approximate surface area is 185 Å². The fraction of sp³-hybridized carbons (Fsp3) is 0.217. The Bertz CT molecular complexity index is 1150. The van der Waals surface area contributed by atoms with Crippen LogP contribution < -0.4 is 10.6 Å². The summed E-state index contributed by atoms with van der Waals surface area (Å²) >= 11 is 6.17. The van der Waals surface area contributed by atoms with Gasteiger partial charge in [0.05, 0.1) is 33.3 Å². The van der Waals surface area contributed by atoms with Crippen molar-refractivity contribution in [1.29, 1.82) is 0 Å². The van der Waals surface area contributed by atoms with Crippen molar-refractivity contribution in [3.8, 4) is 5.69 Å². The maximum Gasteiger partial charge on any atom is 0.296 e. The molecule has 8 heteroatoms. The first kappa shape index (κ1) is 22.2. The van der Waals surface area contributed by atoms with Crippen molar-refractivity contribution < 1.29 is 14.4 Å². The molecule has 2 N–H and O–H groups in total. The van der Waals surface area contributed by atoms with Crippen molar-refractivity contribution in [2.24, 2.45) is 0 Å². The molecule has 3 rings (SSSR count). The zero-order chi connectivity index (χ0) is 22.7. The van der Waals surface area contributed by atoms with Gasteiger partial charge in [0.15, 0.2) is 0 Å². The standard InChI is InChI=1S/C23H23ClN4O3/c1-13(2)25-22(30)16-10-11-18(24)19(12-16)26-23(31)21(29)20-14(3)27-28(15(20)4)17-8-6-5-7-9-17/h5-13H,1-4H3,(H,25,30)(H,26,31). The van der Waals surface area contributed by atoms with Gasteiger partial charge < -0.3 is 10.6 Å². The minimum absolute atomic E-state index is 0.0464.